The van der Waals surface area contributed by atoms with Crippen molar-refractivity contribution in [2.75, 3.05) is 6.61 Å². The van der Waals surface area contributed by atoms with Crippen LogP contribution in [0.3, 0.4) is 0 Å². The summed E-state index contributed by atoms with van der Waals surface area (Å²) in [6.07, 6.45) is 2.36. The molecule has 0 unspecified atom stereocenters. The molecule has 0 N–H and O–H groups in total. The molecule has 3 atom stereocenters. The average molecular weight is 220 g/mol. The lowest BCUT2D eigenvalue weighted by atomic mass is 10.1. The summed E-state index contributed by atoms with van der Waals surface area (Å²) in [4.78, 5) is 0. The number of fused-ring (bicyclic) bond motifs is 2. The van der Waals surface area contributed by atoms with E-state index in [1.165, 1.54) is 5.56 Å². The first-order chi connectivity index (χ1) is 7.92. The maximum absolute atomic E-state index is 5.89. The molecule has 0 aliphatic carbocycles. The van der Waals surface area contributed by atoms with Crippen LogP contribution in [0.1, 0.15) is 18.4 Å². The molecule has 2 aliphatic heterocycles. The van der Waals surface area contributed by atoms with Gasteiger partial charge in [0.2, 0.25) is 0 Å². The van der Waals surface area contributed by atoms with Crippen molar-refractivity contribution in [1.29, 1.82) is 0 Å². The number of hydrogen-bond donors (Lipinski definition) is 0. The molecular formula is C13H16O3. The fourth-order valence-electron chi connectivity index (χ4n) is 2.28. The lowest BCUT2D eigenvalue weighted by Crippen LogP contribution is -2.35. The van der Waals surface area contributed by atoms with Crippen LogP contribution in [-0.2, 0) is 20.8 Å². The van der Waals surface area contributed by atoms with E-state index >= 15 is 0 Å². The van der Waals surface area contributed by atoms with E-state index in [0.29, 0.717) is 13.2 Å². The Morgan fingerprint density at radius 3 is 2.94 bits per heavy atom. The summed E-state index contributed by atoms with van der Waals surface area (Å²) in [5.41, 5.74) is 1.21. The molecule has 16 heavy (non-hydrogen) atoms. The fourth-order valence-corrected chi connectivity index (χ4v) is 2.28. The highest BCUT2D eigenvalue weighted by Crippen LogP contribution is 2.29. The van der Waals surface area contributed by atoms with Gasteiger partial charge in [0.25, 0.3) is 0 Å². The maximum atomic E-state index is 5.89. The number of hydrogen-bond acceptors (Lipinski definition) is 3. The third kappa shape index (κ3) is 2.12. The molecule has 0 amide bonds. The lowest BCUT2D eigenvalue weighted by molar-refractivity contribution is -0.138. The van der Waals surface area contributed by atoms with Gasteiger partial charge in [-0.15, -0.1) is 0 Å². The monoisotopic (exact) mass is 220 g/mol. The highest BCUT2D eigenvalue weighted by atomic mass is 16.7. The van der Waals surface area contributed by atoms with Crippen molar-refractivity contribution in [1.82, 2.24) is 0 Å². The highest BCUT2D eigenvalue weighted by molar-refractivity contribution is 5.13. The van der Waals surface area contributed by atoms with E-state index in [4.69, 9.17) is 14.2 Å². The second-order valence-electron chi connectivity index (χ2n) is 4.35. The van der Waals surface area contributed by atoms with Gasteiger partial charge in [0.15, 0.2) is 6.29 Å². The van der Waals surface area contributed by atoms with Gasteiger partial charge in [0, 0.05) is 6.42 Å². The lowest BCUT2D eigenvalue weighted by Gasteiger charge is -2.27. The molecular weight excluding hydrogens is 204 g/mol. The van der Waals surface area contributed by atoms with Crippen LogP contribution in [0.5, 0.6) is 0 Å². The van der Waals surface area contributed by atoms with Crippen LogP contribution < -0.4 is 0 Å². The summed E-state index contributed by atoms with van der Waals surface area (Å²) >= 11 is 0. The van der Waals surface area contributed by atoms with Crippen LogP contribution in [0, 0.1) is 0 Å². The zero-order valence-electron chi connectivity index (χ0n) is 9.17. The molecule has 0 radical (unpaired) electrons. The third-order valence-corrected chi connectivity index (χ3v) is 3.18. The molecule has 2 bridgehead atoms. The first kappa shape index (κ1) is 10.3. The van der Waals surface area contributed by atoms with Crippen LogP contribution in [0.15, 0.2) is 30.3 Å². The van der Waals surface area contributed by atoms with E-state index in [1.807, 2.05) is 18.2 Å². The summed E-state index contributed by atoms with van der Waals surface area (Å²) in [6.45, 7) is 1.35. The van der Waals surface area contributed by atoms with Gasteiger partial charge >= 0.3 is 0 Å². The van der Waals surface area contributed by atoms with Crippen molar-refractivity contribution < 1.29 is 14.2 Å². The Labute approximate surface area is 95.3 Å². The van der Waals surface area contributed by atoms with E-state index in [-0.39, 0.29) is 18.5 Å². The normalized spacial score (nSPS) is 32.9. The first-order valence-corrected chi connectivity index (χ1v) is 5.84. The molecule has 1 aromatic carbocycles. The Balaban J connectivity index is 1.55. The van der Waals surface area contributed by atoms with Gasteiger partial charge < -0.3 is 14.2 Å². The van der Waals surface area contributed by atoms with Crippen molar-refractivity contribution in [2.45, 2.75) is 37.9 Å². The zero-order valence-corrected chi connectivity index (χ0v) is 9.17. The topological polar surface area (TPSA) is 27.7 Å². The Morgan fingerprint density at radius 2 is 2.06 bits per heavy atom. The van der Waals surface area contributed by atoms with E-state index in [0.717, 1.165) is 12.8 Å². The largest absolute Gasteiger partial charge is 0.371 e. The molecule has 2 saturated heterocycles. The first-order valence-electron chi connectivity index (χ1n) is 5.84. The number of ether oxygens (including phenoxy) is 3. The second-order valence-corrected chi connectivity index (χ2v) is 4.35. The van der Waals surface area contributed by atoms with Crippen molar-refractivity contribution in [2.24, 2.45) is 0 Å². The van der Waals surface area contributed by atoms with Gasteiger partial charge in [-0.2, -0.15) is 0 Å². The molecule has 3 nitrogen and oxygen atoms in total. The van der Waals surface area contributed by atoms with E-state index in [9.17, 15) is 0 Å². The predicted molar refractivity (Wildman–Crippen MR) is 58.9 cm³/mol. The minimum Gasteiger partial charge on any atom is -0.371 e. The van der Waals surface area contributed by atoms with Crippen LogP contribution in [-0.4, -0.2) is 25.1 Å². The van der Waals surface area contributed by atoms with Gasteiger partial charge in [0.1, 0.15) is 6.10 Å². The molecule has 86 valence electrons. The standard InChI is InChI=1S/C13H16O3/c1-2-4-10(5-3-1)8-14-11-6-7-13-15-9-12(11)16-13/h1-5,11-13H,6-9H2/t11-,12+,13+/m0/s1. The second kappa shape index (κ2) is 4.53. The summed E-state index contributed by atoms with van der Waals surface area (Å²) < 4.78 is 17.0. The molecule has 2 aliphatic rings. The molecule has 0 aromatic heterocycles. The molecule has 3 rings (SSSR count). The van der Waals surface area contributed by atoms with Crippen LogP contribution >= 0.6 is 0 Å². The van der Waals surface area contributed by atoms with Gasteiger partial charge in [-0.25, -0.2) is 0 Å². The molecule has 0 saturated carbocycles. The highest BCUT2D eigenvalue weighted by Gasteiger charge is 2.38. The van der Waals surface area contributed by atoms with Gasteiger partial charge in [0.05, 0.1) is 19.3 Å². The summed E-state index contributed by atoms with van der Waals surface area (Å²) in [5.74, 6) is 0. The van der Waals surface area contributed by atoms with Crippen LogP contribution in [0.25, 0.3) is 0 Å². The van der Waals surface area contributed by atoms with Crippen molar-refractivity contribution in [3.05, 3.63) is 35.9 Å². The minimum atomic E-state index is 0.0292. The number of rotatable bonds is 3. The zero-order chi connectivity index (χ0) is 10.8. The van der Waals surface area contributed by atoms with E-state index in [1.54, 1.807) is 0 Å². The van der Waals surface area contributed by atoms with Gasteiger partial charge in [-0.1, -0.05) is 30.3 Å². The summed E-state index contributed by atoms with van der Waals surface area (Å²) in [6, 6.07) is 10.2. The Bertz CT molecular complexity index is 338. The fraction of sp³-hybridized carbons (Fsp3) is 0.538. The van der Waals surface area contributed by atoms with Crippen LogP contribution in [0.4, 0.5) is 0 Å². The van der Waals surface area contributed by atoms with Crippen molar-refractivity contribution in [3.8, 4) is 0 Å². The Kier molecular flexibility index (Phi) is 2.91. The molecule has 1 aromatic rings. The minimum absolute atomic E-state index is 0.0292. The number of benzene rings is 1. The molecule has 3 heteroatoms. The SMILES string of the molecule is c1ccc(CO[C@H]2CC[C@@H]3OC[C@H]2O3)cc1. The van der Waals surface area contributed by atoms with Gasteiger partial charge in [-0.05, 0) is 12.0 Å². The maximum Gasteiger partial charge on any atom is 0.158 e. The molecule has 0 spiro atoms. The quantitative estimate of drug-likeness (QED) is 0.780. The molecule has 2 heterocycles. The van der Waals surface area contributed by atoms with E-state index < -0.39 is 0 Å². The Morgan fingerprint density at radius 1 is 1.19 bits per heavy atom. The summed E-state index contributed by atoms with van der Waals surface area (Å²) in [5, 5.41) is 0. The van der Waals surface area contributed by atoms with E-state index in [2.05, 4.69) is 12.1 Å². The Hall–Kier alpha value is -0.900. The molecule has 2 fully saturated rings. The average Bonchev–Trinajstić information content (AvgIpc) is 2.72. The third-order valence-electron chi connectivity index (χ3n) is 3.18. The van der Waals surface area contributed by atoms with Crippen LogP contribution in [0.2, 0.25) is 0 Å². The van der Waals surface area contributed by atoms with Crippen molar-refractivity contribution >= 4 is 0 Å². The van der Waals surface area contributed by atoms with Gasteiger partial charge in [-0.3, -0.25) is 0 Å². The summed E-state index contributed by atoms with van der Waals surface area (Å²) in [7, 11) is 0. The predicted octanol–water partition coefficient (Wildman–Crippen LogP) is 2.11. The smallest absolute Gasteiger partial charge is 0.158 e. The van der Waals surface area contributed by atoms with Crippen molar-refractivity contribution in [3.63, 3.8) is 0 Å².